The quantitative estimate of drug-likeness (QED) is 0.385. The van der Waals surface area contributed by atoms with E-state index in [2.05, 4.69) is 42.2 Å². The fourth-order valence-corrected chi connectivity index (χ4v) is 3.70. The fraction of sp³-hybridized carbons (Fsp3) is 0.227. The summed E-state index contributed by atoms with van der Waals surface area (Å²) in [6.45, 7) is 3.49. The third-order valence-corrected chi connectivity index (χ3v) is 5.34. The van der Waals surface area contributed by atoms with Crippen LogP contribution in [0.15, 0.2) is 55.8 Å². The lowest BCUT2D eigenvalue weighted by molar-refractivity contribution is -0.118. The molecule has 0 atom stereocenters. The lowest BCUT2D eigenvalue weighted by atomic mass is 9.89. The molecule has 0 radical (unpaired) electrons. The van der Waals surface area contributed by atoms with Crippen LogP contribution in [0.2, 0.25) is 0 Å². The molecule has 162 valence electrons. The zero-order valence-corrected chi connectivity index (χ0v) is 17.4. The van der Waals surface area contributed by atoms with Gasteiger partial charge in [-0.1, -0.05) is 12.6 Å². The van der Waals surface area contributed by atoms with Gasteiger partial charge in [0.25, 0.3) is 0 Å². The van der Waals surface area contributed by atoms with Crippen molar-refractivity contribution in [3.63, 3.8) is 0 Å². The lowest BCUT2D eigenvalue weighted by Gasteiger charge is -2.35. The van der Waals surface area contributed by atoms with Crippen molar-refractivity contribution in [2.75, 3.05) is 5.32 Å². The summed E-state index contributed by atoms with van der Waals surface area (Å²) in [4.78, 5) is 28.3. The number of ether oxygens (including phenoxy) is 1. The van der Waals surface area contributed by atoms with Crippen LogP contribution in [-0.4, -0.2) is 47.8 Å². The van der Waals surface area contributed by atoms with Gasteiger partial charge in [0.05, 0.1) is 17.3 Å². The van der Waals surface area contributed by atoms with Gasteiger partial charge in [-0.05, 0) is 12.1 Å². The largest absolute Gasteiger partial charge is 0.474 e. The molecule has 0 aromatic carbocycles. The van der Waals surface area contributed by atoms with E-state index in [9.17, 15) is 4.79 Å². The van der Waals surface area contributed by atoms with Gasteiger partial charge in [-0.25, -0.2) is 0 Å². The van der Waals surface area contributed by atoms with Crippen LogP contribution >= 0.6 is 0 Å². The molecule has 10 heteroatoms. The fourth-order valence-electron chi connectivity index (χ4n) is 3.70. The molecule has 5 rings (SSSR count). The van der Waals surface area contributed by atoms with Crippen LogP contribution in [0.3, 0.4) is 0 Å². The average molecular weight is 430 g/mol. The number of aromatic nitrogens is 6. The third kappa shape index (κ3) is 3.89. The molecule has 32 heavy (non-hydrogen) atoms. The van der Waals surface area contributed by atoms with Gasteiger partial charge in [0.2, 0.25) is 17.7 Å². The molecule has 4 aromatic rings. The van der Waals surface area contributed by atoms with Gasteiger partial charge in [0.1, 0.15) is 11.8 Å². The average Bonchev–Trinajstić information content (AvgIpc) is 3.38. The lowest BCUT2D eigenvalue weighted by Crippen LogP contribution is -2.48. The van der Waals surface area contributed by atoms with E-state index in [1.807, 2.05) is 31.6 Å². The van der Waals surface area contributed by atoms with Crippen molar-refractivity contribution in [1.29, 1.82) is 0 Å². The number of hydrogen-bond acceptors (Lipinski definition) is 7. The van der Waals surface area contributed by atoms with Crippen molar-refractivity contribution in [2.24, 2.45) is 7.05 Å². The number of aryl methyl sites for hydroxylation is 1. The Morgan fingerprint density at radius 3 is 2.94 bits per heavy atom. The summed E-state index contributed by atoms with van der Waals surface area (Å²) < 4.78 is 7.98. The first kappa shape index (κ1) is 19.7. The number of carbonyl (C=O) groups is 1. The normalized spacial score (nSPS) is 17.5. The SMILES string of the molecule is C=CC(=O)NC1CC(Oc2nc(Nc3cnn(C)c3)nc3[nH]cc(-c4cccnc4)c23)C1. The zero-order chi connectivity index (χ0) is 22.1. The van der Waals surface area contributed by atoms with Crippen molar-refractivity contribution in [3.8, 4) is 17.0 Å². The molecule has 0 aliphatic heterocycles. The summed E-state index contributed by atoms with van der Waals surface area (Å²) >= 11 is 0. The molecular weight excluding hydrogens is 408 g/mol. The second kappa shape index (κ2) is 8.14. The molecule has 1 aliphatic rings. The number of anilines is 2. The number of H-pyrrole nitrogens is 1. The van der Waals surface area contributed by atoms with Crippen molar-refractivity contribution >= 4 is 28.6 Å². The first-order valence-electron chi connectivity index (χ1n) is 10.2. The van der Waals surface area contributed by atoms with E-state index in [1.54, 1.807) is 23.3 Å². The summed E-state index contributed by atoms with van der Waals surface area (Å²) in [6.07, 6.45) is 11.5. The summed E-state index contributed by atoms with van der Waals surface area (Å²) in [5, 5.41) is 11.0. The highest BCUT2D eigenvalue weighted by Crippen LogP contribution is 2.36. The van der Waals surface area contributed by atoms with Crippen molar-refractivity contribution in [3.05, 3.63) is 55.8 Å². The third-order valence-electron chi connectivity index (χ3n) is 5.34. The standard InChI is InChI=1S/C22H22N8O2/c1-3-18(31)26-14-7-16(8-14)32-21-19-17(13-5-4-6-23-9-13)11-24-20(19)28-22(29-21)27-15-10-25-30(2)12-15/h3-6,9-12,14,16H,1,7-8H2,2H3,(H,26,31)(H2,24,27,28,29). The molecule has 1 fully saturated rings. The van der Waals surface area contributed by atoms with E-state index in [4.69, 9.17) is 4.74 Å². The van der Waals surface area contributed by atoms with Crippen molar-refractivity contribution < 1.29 is 9.53 Å². The first-order valence-corrected chi connectivity index (χ1v) is 10.2. The van der Waals surface area contributed by atoms with Gasteiger partial charge in [-0.15, -0.1) is 0 Å². The number of rotatable bonds is 7. The molecule has 0 saturated heterocycles. The van der Waals surface area contributed by atoms with Crippen LogP contribution in [-0.2, 0) is 11.8 Å². The van der Waals surface area contributed by atoms with E-state index in [0.717, 1.165) is 22.2 Å². The van der Waals surface area contributed by atoms with Gasteiger partial charge in [-0.3, -0.25) is 14.5 Å². The number of nitrogens with zero attached hydrogens (tertiary/aromatic N) is 5. The van der Waals surface area contributed by atoms with Crippen LogP contribution in [0.1, 0.15) is 12.8 Å². The second-order valence-corrected chi connectivity index (χ2v) is 7.67. The Morgan fingerprint density at radius 1 is 1.34 bits per heavy atom. The van der Waals surface area contributed by atoms with Crippen LogP contribution in [0.5, 0.6) is 5.88 Å². The number of aromatic amines is 1. The monoisotopic (exact) mass is 430 g/mol. The van der Waals surface area contributed by atoms with Gasteiger partial charge in [0.15, 0.2) is 0 Å². The van der Waals surface area contributed by atoms with E-state index < -0.39 is 0 Å². The van der Waals surface area contributed by atoms with Gasteiger partial charge in [-0.2, -0.15) is 15.1 Å². The maximum Gasteiger partial charge on any atom is 0.243 e. The van der Waals surface area contributed by atoms with Crippen LogP contribution in [0.25, 0.3) is 22.2 Å². The minimum atomic E-state index is -0.176. The van der Waals surface area contributed by atoms with E-state index >= 15 is 0 Å². The summed E-state index contributed by atoms with van der Waals surface area (Å²) in [5.41, 5.74) is 3.26. The second-order valence-electron chi connectivity index (χ2n) is 7.67. The number of pyridine rings is 1. The number of amides is 1. The van der Waals surface area contributed by atoms with Crippen molar-refractivity contribution in [1.82, 2.24) is 35.0 Å². The smallest absolute Gasteiger partial charge is 0.243 e. The Hall–Kier alpha value is -4.21. The Balaban J connectivity index is 1.47. The van der Waals surface area contributed by atoms with E-state index in [1.165, 1.54) is 6.08 Å². The zero-order valence-electron chi connectivity index (χ0n) is 17.4. The summed E-state index contributed by atoms with van der Waals surface area (Å²) in [5.74, 6) is 0.696. The van der Waals surface area contributed by atoms with Gasteiger partial charge < -0.3 is 20.4 Å². The maximum atomic E-state index is 11.5. The Labute approximate surface area is 183 Å². The van der Waals surface area contributed by atoms with E-state index in [0.29, 0.717) is 30.3 Å². The Bertz CT molecular complexity index is 1270. The number of nitrogens with one attached hydrogen (secondary N) is 3. The van der Waals surface area contributed by atoms with Crippen LogP contribution in [0.4, 0.5) is 11.6 Å². The summed E-state index contributed by atoms with van der Waals surface area (Å²) in [6, 6.07) is 3.93. The molecule has 1 saturated carbocycles. The number of fused-ring (bicyclic) bond motifs is 1. The molecular formula is C22H22N8O2. The number of carbonyl (C=O) groups excluding carboxylic acids is 1. The molecule has 1 amide bonds. The molecule has 10 nitrogen and oxygen atoms in total. The molecule has 0 spiro atoms. The highest BCUT2D eigenvalue weighted by Gasteiger charge is 2.33. The van der Waals surface area contributed by atoms with Crippen LogP contribution in [0, 0.1) is 0 Å². The Morgan fingerprint density at radius 2 is 2.22 bits per heavy atom. The maximum absolute atomic E-state index is 11.5. The van der Waals surface area contributed by atoms with E-state index in [-0.39, 0.29) is 18.1 Å². The molecule has 0 unspecified atom stereocenters. The van der Waals surface area contributed by atoms with Crippen LogP contribution < -0.4 is 15.4 Å². The molecule has 0 bridgehead atoms. The highest BCUT2D eigenvalue weighted by atomic mass is 16.5. The summed E-state index contributed by atoms with van der Waals surface area (Å²) in [7, 11) is 1.84. The first-order chi connectivity index (χ1) is 15.6. The minimum absolute atomic E-state index is 0.0638. The van der Waals surface area contributed by atoms with Gasteiger partial charge in [0, 0.05) is 61.8 Å². The molecule has 1 aliphatic carbocycles. The predicted molar refractivity (Wildman–Crippen MR) is 119 cm³/mol. The molecule has 4 heterocycles. The number of hydrogen-bond donors (Lipinski definition) is 3. The topological polar surface area (TPSA) is 123 Å². The Kier molecular flexibility index (Phi) is 5.02. The van der Waals surface area contributed by atoms with Crippen molar-refractivity contribution in [2.45, 2.75) is 25.0 Å². The molecule has 4 aromatic heterocycles. The van der Waals surface area contributed by atoms with Gasteiger partial charge >= 0.3 is 0 Å². The minimum Gasteiger partial charge on any atom is -0.474 e. The predicted octanol–water partition coefficient (Wildman–Crippen LogP) is 2.71. The highest BCUT2D eigenvalue weighted by molar-refractivity contribution is 5.97. The molecule has 3 N–H and O–H groups in total.